The van der Waals surface area contributed by atoms with Crippen molar-refractivity contribution in [3.8, 4) is 5.75 Å². The number of aromatic carboxylic acids is 1. The molecule has 1 aliphatic heterocycles. The van der Waals surface area contributed by atoms with E-state index in [9.17, 15) is 4.79 Å². The highest BCUT2D eigenvalue weighted by atomic mass is 16.5. The highest BCUT2D eigenvalue weighted by molar-refractivity contribution is 5.84. The summed E-state index contributed by atoms with van der Waals surface area (Å²) in [5.41, 5.74) is -0.331. The Balaban J connectivity index is 1.61. The molecule has 1 N–H and O–H groups in total. The van der Waals surface area contributed by atoms with Crippen molar-refractivity contribution in [2.45, 2.75) is 38.3 Å². The van der Waals surface area contributed by atoms with Gasteiger partial charge in [-0.25, -0.2) is 9.48 Å². The predicted molar refractivity (Wildman–Crippen MR) is 92.8 cm³/mol. The minimum absolute atomic E-state index is 0.00938. The highest BCUT2D eigenvalue weighted by Crippen LogP contribution is 2.24. The van der Waals surface area contributed by atoms with Crippen LogP contribution in [0, 0.1) is 0 Å². The van der Waals surface area contributed by atoms with E-state index in [0.29, 0.717) is 0 Å². The van der Waals surface area contributed by atoms with Gasteiger partial charge in [-0.3, -0.25) is 4.90 Å². The molecule has 1 fully saturated rings. The average Bonchev–Trinajstić information content (AvgIpc) is 3.05. The Morgan fingerprint density at radius 1 is 1.36 bits per heavy atom. The molecule has 7 nitrogen and oxygen atoms in total. The highest BCUT2D eigenvalue weighted by Gasteiger charge is 2.29. The first-order valence-electron chi connectivity index (χ1n) is 8.54. The molecule has 1 unspecified atom stereocenters. The lowest BCUT2D eigenvalue weighted by molar-refractivity contribution is 0.0413. The Morgan fingerprint density at radius 2 is 2.12 bits per heavy atom. The molecule has 1 aromatic carbocycles. The van der Waals surface area contributed by atoms with Gasteiger partial charge in [0.1, 0.15) is 11.4 Å². The topological polar surface area (TPSA) is 80.5 Å². The average molecular weight is 344 g/mol. The normalized spacial score (nSPS) is 18.9. The van der Waals surface area contributed by atoms with Crippen LogP contribution in [-0.2, 0) is 0 Å². The molecule has 1 atom stereocenters. The van der Waals surface area contributed by atoms with E-state index in [1.165, 1.54) is 6.20 Å². The van der Waals surface area contributed by atoms with Crippen LogP contribution in [0.4, 0.5) is 0 Å². The summed E-state index contributed by atoms with van der Waals surface area (Å²) in [6.45, 7) is 6.77. The Morgan fingerprint density at radius 3 is 2.80 bits per heavy atom. The molecule has 3 rings (SSSR count). The fourth-order valence-corrected chi connectivity index (χ4v) is 3.32. The van der Waals surface area contributed by atoms with E-state index in [0.717, 1.165) is 38.2 Å². The number of carboxylic acid groups (broad SMARTS) is 1. The molecule has 0 bridgehead atoms. The molecule has 2 aromatic rings. The Kier molecular flexibility index (Phi) is 5.03. The van der Waals surface area contributed by atoms with Crippen LogP contribution in [-0.4, -0.2) is 56.2 Å². The summed E-state index contributed by atoms with van der Waals surface area (Å²) in [6.07, 6.45) is 3.52. The molecule has 134 valence electrons. The number of benzene rings is 1. The molecule has 0 saturated carbocycles. The summed E-state index contributed by atoms with van der Waals surface area (Å²) in [5, 5.41) is 16.7. The number of piperidine rings is 1. The molecule has 0 aliphatic carbocycles. The van der Waals surface area contributed by atoms with Crippen LogP contribution >= 0.6 is 0 Å². The minimum atomic E-state index is -1.05. The van der Waals surface area contributed by atoms with Crippen molar-refractivity contribution in [1.82, 2.24) is 19.9 Å². The zero-order valence-corrected chi connectivity index (χ0v) is 14.6. The van der Waals surface area contributed by atoms with Gasteiger partial charge in [-0.1, -0.05) is 23.4 Å². The smallest absolute Gasteiger partial charge is 0.358 e. The Labute approximate surface area is 147 Å². The third-order valence-corrected chi connectivity index (χ3v) is 4.33. The molecule has 7 heteroatoms. The quantitative estimate of drug-likeness (QED) is 0.867. The van der Waals surface area contributed by atoms with Crippen molar-refractivity contribution in [2.24, 2.45) is 0 Å². The van der Waals surface area contributed by atoms with Crippen LogP contribution in [0.15, 0.2) is 36.5 Å². The van der Waals surface area contributed by atoms with Gasteiger partial charge in [-0.2, -0.15) is 0 Å². The molecular weight excluding hydrogens is 320 g/mol. The van der Waals surface area contributed by atoms with Gasteiger partial charge in [0.15, 0.2) is 5.69 Å². The molecule has 0 radical (unpaired) electrons. The van der Waals surface area contributed by atoms with Crippen LogP contribution in [0.2, 0.25) is 0 Å². The third kappa shape index (κ3) is 4.57. The minimum Gasteiger partial charge on any atom is -0.487 e. The van der Waals surface area contributed by atoms with Crippen molar-refractivity contribution in [3.63, 3.8) is 0 Å². The van der Waals surface area contributed by atoms with Crippen molar-refractivity contribution in [1.29, 1.82) is 0 Å². The number of carbonyl (C=O) groups is 1. The van der Waals surface area contributed by atoms with Gasteiger partial charge in [-0.15, -0.1) is 5.10 Å². The number of ether oxygens (including phenoxy) is 1. The summed E-state index contributed by atoms with van der Waals surface area (Å²) in [6, 6.07) is 9.97. The maximum absolute atomic E-state index is 11.0. The second-order valence-electron chi connectivity index (χ2n) is 7.09. The van der Waals surface area contributed by atoms with Crippen molar-refractivity contribution < 1.29 is 14.6 Å². The van der Waals surface area contributed by atoms with Crippen LogP contribution < -0.4 is 4.74 Å². The SMILES string of the molecule is CC(C)(CN1CCCC(n2cc(C(=O)O)nn2)C1)Oc1ccccc1. The van der Waals surface area contributed by atoms with Crippen molar-refractivity contribution in [3.05, 3.63) is 42.2 Å². The summed E-state index contributed by atoms with van der Waals surface area (Å²) < 4.78 is 7.81. The Hall–Kier alpha value is -2.41. The number of aromatic nitrogens is 3. The molecule has 1 aromatic heterocycles. The molecule has 2 heterocycles. The predicted octanol–water partition coefficient (Wildman–Crippen LogP) is 2.47. The van der Waals surface area contributed by atoms with E-state index in [1.807, 2.05) is 30.3 Å². The van der Waals surface area contributed by atoms with Crippen molar-refractivity contribution in [2.75, 3.05) is 19.6 Å². The first-order chi connectivity index (χ1) is 11.9. The summed E-state index contributed by atoms with van der Waals surface area (Å²) in [5.74, 6) is -0.181. The first kappa shape index (κ1) is 17.4. The molecule has 0 spiro atoms. The fourth-order valence-electron chi connectivity index (χ4n) is 3.32. The number of hydrogen-bond donors (Lipinski definition) is 1. The molecule has 25 heavy (non-hydrogen) atoms. The van der Waals surface area contributed by atoms with Crippen molar-refractivity contribution >= 4 is 5.97 Å². The fraction of sp³-hybridized carbons (Fsp3) is 0.500. The maximum Gasteiger partial charge on any atom is 0.358 e. The van der Waals surface area contributed by atoms with Crippen LogP contribution in [0.5, 0.6) is 5.75 Å². The van der Waals surface area contributed by atoms with Gasteiger partial charge in [-0.05, 0) is 45.4 Å². The standard InChI is InChI=1S/C18H24N4O3/c1-18(2,25-15-8-4-3-5-9-15)13-21-10-6-7-14(11-21)22-12-16(17(23)24)19-20-22/h3-5,8-9,12,14H,6-7,10-11,13H2,1-2H3,(H,23,24). The molecular formula is C18H24N4O3. The lowest BCUT2D eigenvalue weighted by Crippen LogP contribution is -2.47. The van der Waals surface area contributed by atoms with Gasteiger partial charge < -0.3 is 9.84 Å². The number of nitrogens with zero attached hydrogens (tertiary/aromatic N) is 4. The van der Waals surface area contributed by atoms with Gasteiger partial charge in [0.05, 0.1) is 12.2 Å². The maximum atomic E-state index is 11.0. The number of para-hydroxylation sites is 1. The molecule has 1 saturated heterocycles. The van der Waals surface area contributed by atoms with Gasteiger partial charge in [0, 0.05) is 13.1 Å². The second kappa shape index (κ2) is 7.23. The van der Waals surface area contributed by atoms with E-state index in [4.69, 9.17) is 9.84 Å². The van der Waals surface area contributed by atoms with E-state index < -0.39 is 5.97 Å². The van der Waals surface area contributed by atoms with Crippen LogP contribution in [0.25, 0.3) is 0 Å². The first-order valence-corrected chi connectivity index (χ1v) is 8.54. The van der Waals surface area contributed by atoms with Crippen LogP contribution in [0.3, 0.4) is 0 Å². The number of carboxylic acids is 1. The molecule has 0 amide bonds. The summed E-state index contributed by atoms with van der Waals surface area (Å²) in [4.78, 5) is 13.3. The monoisotopic (exact) mass is 344 g/mol. The number of likely N-dealkylation sites (tertiary alicyclic amines) is 1. The zero-order valence-electron chi connectivity index (χ0n) is 14.6. The summed E-state index contributed by atoms with van der Waals surface area (Å²) in [7, 11) is 0. The van der Waals surface area contributed by atoms with E-state index in [2.05, 4.69) is 29.1 Å². The van der Waals surface area contributed by atoms with Gasteiger partial charge >= 0.3 is 5.97 Å². The number of rotatable bonds is 6. The van der Waals surface area contributed by atoms with E-state index in [1.54, 1.807) is 4.68 Å². The number of hydrogen-bond acceptors (Lipinski definition) is 5. The molecule has 1 aliphatic rings. The Bertz CT molecular complexity index is 714. The van der Waals surface area contributed by atoms with Crippen LogP contribution in [0.1, 0.15) is 43.2 Å². The van der Waals surface area contributed by atoms with Gasteiger partial charge in [0.25, 0.3) is 0 Å². The lowest BCUT2D eigenvalue weighted by Gasteiger charge is -2.38. The lowest BCUT2D eigenvalue weighted by atomic mass is 10.0. The second-order valence-corrected chi connectivity index (χ2v) is 7.09. The summed E-state index contributed by atoms with van der Waals surface area (Å²) >= 11 is 0. The third-order valence-electron chi connectivity index (χ3n) is 4.33. The van der Waals surface area contributed by atoms with E-state index in [-0.39, 0.29) is 17.3 Å². The van der Waals surface area contributed by atoms with Gasteiger partial charge in [0.2, 0.25) is 0 Å². The zero-order chi connectivity index (χ0) is 17.9. The van der Waals surface area contributed by atoms with E-state index >= 15 is 0 Å². The largest absolute Gasteiger partial charge is 0.487 e.